The molecule has 1 aliphatic heterocycles. The SMILES string of the molecule is CN(C)c1nc2cc(OCC3(C)S[C@@H](n4ccc5c(Cl)ncnc54)[C@H](O)[C@@H]3O)ccc2cc1Br. The van der Waals surface area contributed by atoms with Gasteiger partial charge in [0.25, 0.3) is 0 Å². The van der Waals surface area contributed by atoms with Gasteiger partial charge in [-0.2, -0.15) is 0 Å². The van der Waals surface area contributed by atoms with E-state index >= 15 is 0 Å². The average Bonchev–Trinajstić information content (AvgIpc) is 3.33. The lowest BCUT2D eigenvalue weighted by Crippen LogP contribution is -2.43. The fourth-order valence-corrected chi connectivity index (χ4v) is 6.57. The molecule has 1 unspecified atom stereocenters. The zero-order valence-corrected chi connectivity index (χ0v) is 21.8. The van der Waals surface area contributed by atoms with Crippen molar-refractivity contribution < 1.29 is 14.9 Å². The summed E-state index contributed by atoms with van der Waals surface area (Å²) >= 11 is 11.2. The molecule has 4 atom stereocenters. The third kappa shape index (κ3) is 4.01. The van der Waals surface area contributed by atoms with Crippen molar-refractivity contribution >= 4 is 67.0 Å². The Kier molecular flexibility index (Phi) is 6.14. The average molecular weight is 565 g/mol. The molecule has 0 amide bonds. The summed E-state index contributed by atoms with van der Waals surface area (Å²) in [7, 11) is 3.88. The summed E-state index contributed by atoms with van der Waals surface area (Å²) in [5.74, 6) is 1.47. The largest absolute Gasteiger partial charge is 0.492 e. The molecule has 1 fully saturated rings. The smallest absolute Gasteiger partial charge is 0.145 e. The fraction of sp³-hybridized carbons (Fsp3) is 0.348. The number of ether oxygens (including phenoxy) is 1. The van der Waals surface area contributed by atoms with Gasteiger partial charge in [-0.3, -0.25) is 0 Å². The number of rotatable bonds is 5. The monoisotopic (exact) mass is 563 g/mol. The fourth-order valence-electron chi connectivity index (χ4n) is 4.16. The van der Waals surface area contributed by atoms with E-state index in [2.05, 4.69) is 25.9 Å². The Labute approximate surface area is 214 Å². The Hall–Kier alpha value is -2.11. The first-order valence-corrected chi connectivity index (χ1v) is 12.6. The van der Waals surface area contributed by atoms with E-state index in [1.165, 1.54) is 18.1 Å². The van der Waals surface area contributed by atoms with Crippen LogP contribution in [0.15, 0.2) is 47.3 Å². The van der Waals surface area contributed by atoms with Gasteiger partial charge in [0.1, 0.15) is 52.9 Å². The summed E-state index contributed by atoms with van der Waals surface area (Å²) in [6, 6.07) is 9.56. The van der Waals surface area contributed by atoms with Gasteiger partial charge in [0.05, 0.1) is 20.1 Å². The summed E-state index contributed by atoms with van der Waals surface area (Å²) in [5, 5.41) is 23.4. The van der Waals surface area contributed by atoms with Crippen LogP contribution in [0.5, 0.6) is 5.75 Å². The van der Waals surface area contributed by atoms with Crippen molar-refractivity contribution in [3.8, 4) is 5.75 Å². The van der Waals surface area contributed by atoms with Gasteiger partial charge in [-0.25, -0.2) is 15.0 Å². The van der Waals surface area contributed by atoms with Gasteiger partial charge in [0, 0.05) is 31.7 Å². The van der Waals surface area contributed by atoms with Crippen LogP contribution in [0, 0.1) is 0 Å². The first kappa shape index (κ1) is 23.6. The van der Waals surface area contributed by atoms with Gasteiger partial charge in [-0.05, 0) is 47.1 Å². The summed E-state index contributed by atoms with van der Waals surface area (Å²) in [6.07, 6.45) is 1.18. The molecule has 0 aliphatic carbocycles. The second-order valence-electron chi connectivity index (χ2n) is 8.71. The number of hydrogen-bond donors (Lipinski definition) is 2. The Morgan fingerprint density at radius 3 is 2.79 bits per heavy atom. The van der Waals surface area contributed by atoms with E-state index in [4.69, 9.17) is 21.3 Å². The zero-order chi connectivity index (χ0) is 24.2. The maximum absolute atomic E-state index is 10.9. The Morgan fingerprint density at radius 1 is 1.24 bits per heavy atom. The highest BCUT2D eigenvalue weighted by Gasteiger charge is 2.52. The molecule has 0 spiro atoms. The van der Waals surface area contributed by atoms with Crippen molar-refractivity contribution in [1.82, 2.24) is 19.5 Å². The second kappa shape index (κ2) is 8.83. The summed E-state index contributed by atoms with van der Waals surface area (Å²) in [6.45, 7) is 2.09. The van der Waals surface area contributed by atoms with Crippen molar-refractivity contribution in [2.45, 2.75) is 29.3 Å². The van der Waals surface area contributed by atoms with E-state index in [1.807, 2.05) is 60.8 Å². The van der Waals surface area contributed by atoms with Crippen LogP contribution in [-0.2, 0) is 0 Å². The van der Waals surface area contributed by atoms with E-state index in [9.17, 15) is 10.2 Å². The summed E-state index contributed by atoms with van der Waals surface area (Å²) < 4.78 is 8.10. The van der Waals surface area contributed by atoms with Crippen LogP contribution in [0.2, 0.25) is 5.15 Å². The molecule has 2 N–H and O–H groups in total. The van der Waals surface area contributed by atoms with E-state index in [0.29, 0.717) is 21.9 Å². The molecule has 11 heteroatoms. The molecule has 34 heavy (non-hydrogen) atoms. The summed E-state index contributed by atoms with van der Waals surface area (Å²) in [5.41, 5.74) is 1.42. The van der Waals surface area contributed by atoms with Gasteiger partial charge in [0.15, 0.2) is 0 Å². The minimum Gasteiger partial charge on any atom is -0.492 e. The lowest BCUT2D eigenvalue weighted by molar-refractivity contribution is -0.00661. The molecule has 4 aromatic rings. The van der Waals surface area contributed by atoms with Crippen molar-refractivity contribution in [3.05, 3.63) is 52.5 Å². The molecule has 5 rings (SSSR count). The number of halogens is 2. The molecule has 0 bridgehead atoms. The molecule has 178 valence electrons. The van der Waals surface area contributed by atoms with E-state index < -0.39 is 22.3 Å². The number of aromatic nitrogens is 4. The topological polar surface area (TPSA) is 96.5 Å². The minimum absolute atomic E-state index is 0.198. The number of thioether (sulfide) groups is 1. The van der Waals surface area contributed by atoms with Gasteiger partial charge in [0.2, 0.25) is 0 Å². The molecular weight excluding hydrogens is 542 g/mol. The van der Waals surface area contributed by atoms with Crippen LogP contribution < -0.4 is 9.64 Å². The normalized spacial score (nSPS) is 24.7. The van der Waals surface area contributed by atoms with Crippen LogP contribution in [0.4, 0.5) is 5.82 Å². The minimum atomic E-state index is -1.01. The van der Waals surface area contributed by atoms with Crippen LogP contribution >= 0.6 is 39.3 Å². The van der Waals surface area contributed by atoms with Crippen molar-refractivity contribution in [1.29, 1.82) is 0 Å². The highest BCUT2D eigenvalue weighted by molar-refractivity contribution is 9.10. The number of pyridine rings is 1. The van der Waals surface area contributed by atoms with Gasteiger partial charge < -0.3 is 24.4 Å². The van der Waals surface area contributed by atoms with Gasteiger partial charge in [-0.1, -0.05) is 11.6 Å². The van der Waals surface area contributed by atoms with Gasteiger partial charge in [-0.15, -0.1) is 11.8 Å². The number of aliphatic hydroxyl groups is 2. The lowest BCUT2D eigenvalue weighted by Gasteiger charge is -2.27. The molecule has 0 radical (unpaired) electrons. The predicted molar refractivity (Wildman–Crippen MR) is 139 cm³/mol. The number of nitrogens with zero attached hydrogens (tertiary/aromatic N) is 5. The molecule has 1 aliphatic rings. The first-order valence-electron chi connectivity index (χ1n) is 10.6. The Balaban J connectivity index is 1.38. The van der Waals surface area contributed by atoms with Crippen molar-refractivity contribution in [2.75, 3.05) is 25.6 Å². The zero-order valence-electron chi connectivity index (χ0n) is 18.7. The number of benzene rings is 1. The molecule has 8 nitrogen and oxygen atoms in total. The predicted octanol–water partition coefficient (Wildman–Crippen LogP) is 4.27. The van der Waals surface area contributed by atoms with Crippen molar-refractivity contribution in [2.24, 2.45) is 0 Å². The van der Waals surface area contributed by atoms with E-state index in [1.54, 1.807) is 6.20 Å². The van der Waals surface area contributed by atoms with E-state index in [0.717, 1.165) is 21.2 Å². The number of fused-ring (bicyclic) bond motifs is 2. The van der Waals surface area contributed by atoms with E-state index in [-0.39, 0.29) is 6.61 Å². The number of aliphatic hydroxyl groups excluding tert-OH is 2. The lowest BCUT2D eigenvalue weighted by atomic mass is 10.00. The second-order valence-corrected chi connectivity index (χ2v) is 11.6. The molecule has 0 saturated carbocycles. The molecule has 3 aromatic heterocycles. The highest BCUT2D eigenvalue weighted by Crippen LogP contribution is 2.50. The number of hydrogen-bond acceptors (Lipinski definition) is 8. The third-order valence-corrected chi connectivity index (χ3v) is 8.57. The quantitative estimate of drug-likeness (QED) is 0.347. The first-order chi connectivity index (χ1) is 16.2. The molecule has 4 heterocycles. The maximum atomic E-state index is 10.9. The van der Waals surface area contributed by atoms with Crippen LogP contribution in [0.1, 0.15) is 12.3 Å². The van der Waals surface area contributed by atoms with Crippen molar-refractivity contribution in [3.63, 3.8) is 0 Å². The molecular formula is C23H23BrClN5O3S. The van der Waals surface area contributed by atoms with Crippen LogP contribution in [-0.4, -0.2) is 67.4 Å². The molecule has 1 saturated heterocycles. The highest BCUT2D eigenvalue weighted by atomic mass is 79.9. The molecule has 1 aromatic carbocycles. The number of anilines is 1. The standard InChI is InChI=1S/C23H23BrClN5O3S/c1-23(10-33-13-5-4-12-8-15(24)21(29(2)3)28-16(12)9-13)18(32)17(31)22(34-23)30-7-6-14-19(25)26-11-27-20(14)30/h4-9,11,17-18,22,31-32H,10H2,1-3H3/t17-,18+,22-,23?/m1/s1. The Bertz CT molecular complexity index is 1390. The Morgan fingerprint density at radius 2 is 2.03 bits per heavy atom. The van der Waals surface area contributed by atoms with Gasteiger partial charge >= 0.3 is 0 Å². The van der Waals surface area contributed by atoms with Crippen LogP contribution in [0.25, 0.3) is 21.9 Å². The maximum Gasteiger partial charge on any atom is 0.145 e. The van der Waals surface area contributed by atoms with Crippen LogP contribution in [0.3, 0.4) is 0 Å². The third-order valence-electron chi connectivity index (χ3n) is 6.04. The summed E-state index contributed by atoms with van der Waals surface area (Å²) in [4.78, 5) is 15.0.